The van der Waals surface area contributed by atoms with E-state index in [4.69, 9.17) is 9.31 Å². The van der Waals surface area contributed by atoms with Crippen molar-refractivity contribution in [2.75, 3.05) is 0 Å². The first-order chi connectivity index (χ1) is 9.14. The normalized spacial score (nSPS) is 20.6. The molecule has 1 aliphatic rings. The predicted molar refractivity (Wildman–Crippen MR) is 80.2 cm³/mol. The van der Waals surface area contributed by atoms with Gasteiger partial charge in [0.2, 0.25) is 0 Å². The van der Waals surface area contributed by atoms with Gasteiger partial charge in [-0.25, -0.2) is 0 Å². The molecule has 1 fully saturated rings. The van der Waals surface area contributed by atoms with Crippen molar-refractivity contribution in [1.29, 1.82) is 0 Å². The predicted octanol–water partition coefficient (Wildman–Crippen LogP) is 2.28. The second-order valence-corrected chi connectivity index (χ2v) is 6.88. The molecule has 2 rings (SSSR count). The van der Waals surface area contributed by atoms with Crippen LogP contribution in [0.3, 0.4) is 0 Å². The highest BCUT2D eigenvalue weighted by atomic mass is 16.7. The van der Waals surface area contributed by atoms with Crippen LogP contribution >= 0.6 is 0 Å². The Balaban J connectivity index is 2.31. The number of rotatable bonds is 3. The third-order valence-electron chi connectivity index (χ3n) is 4.14. The van der Waals surface area contributed by atoms with E-state index in [2.05, 4.69) is 18.8 Å². The van der Waals surface area contributed by atoms with Crippen molar-refractivity contribution in [1.82, 2.24) is 4.98 Å². The molecule has 1 N–H and O–H groups in total. The molecule has 1 saturated heterocycles. The zero-order chi connectivity index (χ0) is 15.1. The SMILES string of the molecule is CC(C)Cc1nccc(B2OC(C)(C)C(C)(C)O2)c1O. The van der Waals surface area contributed by atoms with E-state index in [1.807, 2.05) is 27.7 Å². The van der Waals surface area contributed by atoms with E-state index in [0.717, 1.165) is 6.42 Å². The summed E-state index contributed by atoms with van der Waals surface area (Å²) in [6, 6.07) is 1.77. The Morgan fingerprint density at radius 3 is 2.25 bits per heavy atom. The van der Waals surface area contributed by atoms with E-state index in [1.165, 1.54) is 0 Å². The summed E-state index contributed by atoms with van der Waals surface area (Å²) in [7, 11) is -0.547. The standard InChI is InChI=1S/C15H24BNO3/c1-10(2)9-12-13(18)11(7-8-17-12)16-19-14(3,4)15(5,6)20-16/h7-8,10,18H,9H2,1-6H3. The van der Waals surface area contributed by atoms with Gasteiger partial charge in [0.25, 0.3) is 0 Å². The fourth-order valence-electron chi connectivity index (χ4n) is 2.21. The van der Waals surface area contributed by atoms with Crippen molar-refractivity contribution in [3.05, 3.63) is 18.0 Å². The molecule has 110 valence electrons. The van der Waals surface area contributed by atoms with E-state index in [0.29, 0.717) is 17.1 Å². The summed E-state index contributed by atoms with van der Waals surface area (Å²) in [5, 5.41) is 10.4. The van der Waals surface area contributed by atoms with Crippen LogP contribution in [0, 0.1) is 5.92 Å². The molecule has 0 saturated carbocycles. The topological polar surface area (TPSA) is 51.6 Å². The van der Waals surface area contributed by atoms with Crippen molar-refractivity contribution >= 4 is 12.6 Å². The number of pyridine rings is 1. The van der Waals surface area contributed by atoms with Gasteiger partial charge in [0.15, 0.2) is 0 Å². The van der Waals surface area contributed by atoms with Crippen molar-refractivity contribution < 1.29 is 14.4 Å². The Bertz CT molecular complexity index is 484. The largest absolute Gasteiger partial charge is 0.506 e. The van der Waals surface area contributed by atoms with Crippen LogP contribution in [-0.2, 0) is 15.7 Å². The van der Waals surface area contributed by atoms with Gasteiger partial charge in [-0.15, -0.1) is 0 Å². The molecule has 1 aromatic rings. The Morgan fingerprint density at radius 1 is 1.20 bits per heavy atom. The van der Waals surface area contributed by atoms with Crippen LogP contribution in [0.25, 0.3) is 0 Å². The Hall–Kier alpha value is -1.07. The van der Waals surface area contributed by atoms with Crippen LogP contribution in [0.1, 0.15) is 47.2 Å². The number of aromatic nitrogens is 1. The Labute approximate surface area is 121 Å². The number of aromatic hydroxyl groups is 1. The van der Waals surface area contributed by atoms with Gasteiger partial charge in [-0.3, -0.25) is 4.98 Å². The molecule has 1 aliphatic heterocycles. The molecule has 20 heavy (non-hydrogen) atoms. The van der Waals surface area contributed by atoms with Crippen LogP contribution in [0.5, 0.6) is 5.75 Å². The van der Waals surface area contributed by atoms with Crippen LogP contribution in [0.15, 0.2) is 12.3 Å². The van der Waals surface area contributed by atoms with Gasteiger partial charge < -0.3 is 14.4 Å². The van der Waals surface area contributed by atoms with Crippen LogP contribution in [-0.4, -0.2) is 28.4 Å². The minimum absolute atomic E-state index is 0.194. The van der Waals surface area contributed by atoms with E-state index in [1.54, 1.807) is 12.3 Å². The third-order valence-corrected chi connectivity index (χ3v) is 4.14. The average molecular weight is 277 g/mol. The van der Waals surface area contributed by atoms with Gasteiger partial charge in [0, 0.05) is 11.7 Å². The number of nitrogens with zero attached hydrogens (tertiary/aromatic N) is 1. The zero-order valence-corrected chi connectivity index (χ0v) is 13.2. The summed E-state index contributed by atoms with van der Waals surface area (Å²) < 4.78 is 12.0. The molecule has 0 unspecified atom stereocenters. The lowest BCUT2D eigenvalue weighted by Crippen LogP contribution is -2.41. The molecule has 0 aromatic carbocycles. The molecule has 2 heterocycles. The molecular weight excluding hydrogens is 253 g/mol. The molecule has 0 amide bonds. The van der Waals surface area contributed by atoms with Gasteiger partial charge in [0.05, 0.1) is 16.9 Å². The maximum Gasteiger partial charge on any atom is 0.498 e. The van der Waals surface area contributed by atoms with Crippen LogP contribution in [0.2, 0.25) is 0 Å². The molecule has 4 nitrogen and oxygen atoms in total. The quantitative estimate of drug-likeness (QED) is 0.861. The zero-order valence-electron chi connectivity index (χ0n) is 13.2. The highest BCUT2D eigenvalue weighted by Crippen LogP contribution is 2.37. The average Bonchev–Trinajstić information content (AvgIpc) is 2.50. The van der Waals surface area contributed by atoms with Crippen molar-refractivity contribution in [2.45, 2.75) is 59.2 Å². The number of hydrogen-bond acceptors (Lipinski definition) is 4. The maximum absolute atomic E-state index is 10.4. The second-order valence-electron chi connectivity index (χ2n) is 6.88. The fourth-order valence-corrected chi connectivity index (χ4v) is 2.21. The molecule has 1 aromatic heterocycles. The minimum atomic E-state index is -0.547. The van der Waals surface area contributed by atoms with E-state index in [9.17, 15) is 5.11 Å². The van der Waals surface area contributed by atoms with Crippen LogP contribution < -0.4 is 5.46 Å². The minimum Gasteiger partial charge on any atom is -0.506 e. The summed E-state index contributed by atoms with van der Waals surface area (Å²) in [6.45, 7) is 12.2. The van der Waals surface area contributed by atoms with Gasteiger partial charge in [-0.05, 0) is 46.1 Å². The van der Waals surface area contributed by atoms with E-state index >= 15 is 0 Å². The lowest BCUT2D eigenvalue weighted by atomic mass is 9.78. The van der Waals surface area contributed by atoms with Crippen molar-refractivity contribution in [3.63, 3.8) is 0 Å². The lowest BCUT2D eigenvalue weighted by Gasteiger charge is -2.32. The summed E-state index contributed by atoms with van der Waals surface area (Å²) >= 11 is 0. The lowest BCUT2D eigenvalue weighted by molar-refractivity contribution is 0.00578. The summed E-state index contributed by atoms with van der Waals surface area (Å²) in [5.74, 6) is 0.627. The fraction of sp³-hybridized carbons (Fsp3) is 0.667. The van der Waals surface area contributed by atoms with Crippen LogP contribution in [0.4, 0.5) is 0 Å². The Kier molecular flexibility index (Phi) is 3.86. The molecule has 0 atom stereocenters. The molecular formula is C15H24BNO3. The van der Waals surface area contributed by atoms with Gasteiger partial charge >= 0.3 is 7.12 Å². The van der Waals surface area contributed by atoms with Gasteiger partial charge in [-0.1, -0.05) is 13.8 Å². The smallest absolute Gasteiger partial charge is 0.498 e. The molecule has 5 heteroatoms. The molecule has 0 bridgehead atoms. The molecule has 0 aliphatic carbocycles. The highest BCUT2D eigenvalue weighted by Gasteiger charge is 2.52. The van der Waals surface area contributed by atoms with E-state index in [-0.39, 0.29) is 5.75 Å². The first-order valence-corrected chi connectivity index (χ1v) is 7.16. The maximum atomic E-state index is 10.4. The molecule has 0 spiro atoms. The highest BCUT2D eigenvalue weighted by molar-refractivity contribution is 6.63. The summed E-state index contributed by atoms with van der Waals surface area (Å²) in [4.78, 5) is 4.26. The van der Waals surface area contributed by atoms with Gasteiger partial charge in [0.1, 0.15) is 5.75 Å². The van der Waals surface area contributed by atoms with E-state index < -0.39 is 18.3 Å². The number of hydrogen-bond donors (Lipinski definition) is 1. The first kappa shape index (κ1) is 15.3. The first-order valence-electron chi connectivity index (χ1n) is 7.16. The van der Waals surface area contributed by atoms with Gasteiger partial charge in [-0.2, -0.15) is 0 Å². The Morgan fingerprint density at radius 2 is 1.75 bits per heavy atom. The third kappa shape index (κ3) is 2.70. The summed E-state index contributed by atoms with van der Waals surface area (Å²) in [5.41, 5.74) is 0.540. The molecule has 0 radical (unpaired) electrons. The monoisotopic (exact) mass is 277 g/mol. The summed E-state index contributed by atoms with van der Waals surface area (Å²) in [6.07, 6.45) is 2.44. The van der Waals surface area contributed by atoms with Crippen molar-refractivity contribution in [2.24, 2.45) is 5.92 Å². The van der Waals surface area contributed by atoms with Crippen molar-refractivity contribution in [3.8, 4) is 5.75 Å². The second kappa shape index (κ2) is 5.04.